The first-order valence-electron chi connectivity index (χ1n) is 6.67. The maximum atomic E-state index is 13.6. The highest BCUT2D eigenvalue weighted by molar-refractivity contribution is 5.92. The van der Waals surface area contributed by atoms with E-state index in [0.717, 1.165) is 5.56 Å². The molecular weight excluding hydrogens is 273 g/mol. The van der Waals surface area contributed by atoms with E-state index in [-0.39, 0.29) is 23.9 Å². The van der Waals surface area contributed by atoms with Gasteiger partial charge in [-0.05, 0) is 37.5 Å². The largest absolute Gasteiger partial charge is 0.461 e. The molecular formula is C15H18FN3O2. The number of anilines is 1. The van der Waals surface area contributed by atoms with E-state index in [1.165, 1.54) is 6.33 Å². The SMILES string of the molecule is CCOC(=O)c1ncn(Cc2cc(C)c(F)c(C)c2)c1N. The number of aryl methyl sites for hydroxylation is 2. The van der Waals surface area contributed by atoms with Crippen LogP contribution in [0.25, 0.3) is 0 Å². The van der Waals surface area contributed by atoms with Crippen LogP contribution in [0.5, 0.6) is 0 Å². The van der Waals surface area contributed by atoms with Crippen molar-refractivity contribution in [2.45, 2.75) is 27.3 Å². The summed E-state index contributed by atoms with van der Waals surface area (Å²) in [5.74, 6) is -0.502. The highest BCUT2D eigenvalue weighted by atomic mass is 19.1. The van der Waals surface area contributed by atoms with Gasteiger partial charge in [0, 0.05) is 0 Å². The number of imidazole rings is 1. The molecule has 0 atom stereocenters. The van der Waals surface area contributed by atoms with E-state index in [4.69, 9.17) is 10.5 Å². The molecule has 21 heavy (non-hydrogen) atoms. The summed E-state index contributed by atoms with van der Waals surface area (Å²) in [6.45, 7) is 5.83. The third-order valence-corrected chi connectivity index (χ3v) is 3.20. The molecule has 0 spiro atoms. The summed E-state index contributed by atoms with van der Waals surface area (Å²) >= 11 is 0. The first kappa shape index (κ1) is 15.0. The van der Waals surface area contributed by atoms with E-state index in [1.54, 1.807) is 37.5 Å². The lowest BCUT2D eigenvalue weighted by molar-refractivity contribution is 0.0521. The Labute approximate surface area is 122 Å². The van der Waals surface area contributed by atoms with Gasteiger partial charge in [0.25, 0.3) is 0 Å². The number of nitrogen functional groups attached to an aromatic ring is 1. The van der Waals surface area contributed by atoms with Crippen molar-refractivity contribution in [3.05, 3.63) is 46.7 Å². The van der Waals surface area contributed by atoms with Gasteiger partial charge in [0.15, 0.2) is 5.69 Å². The van der Waals surface area contributed by atoms with Crippen LogP contribution in [0.2, 0.25) is 0 Å². The predicted octanol–water partition coefficient (Wildman–Crippen LogP) is 2.45. The third-order valence-electron chi connectivity index (χ3n) is 3.20. The highest BCUT2D eigenvalue weighted by Crippen LogP contribution is 2.18. The van der Waals surface area contributed by atoms with Gasteiger partial charge in [0.05, 0.1) is 19.5 Å². The highest BCUT2D eigenvalue weighted by Gasteiger charge is 2.17. The molecule has 1 aromatic heterocycles. The summed E-state index contributed by atoms with van der Waals surface area (Å²) in [6, 6.07) is 3.51. The minimum atomic E-state index is -0.541. The molecule has 2 N–H and O–H groups in total. The molecule has 0 aliphatic heterocycles. The van der Waals surface area contributed by atoms with Crippen LogP contribution in [-0.4, -0.2) is 22.1 Å². The Kier molecular flexibility index (Phi) is 4.26. The van der Waals surface area contributed by atoms with E-state index in [0.29, 0.717) is 17.7 Å². The van der Waals surface area contributed by atoms with Crippen LogP contribution in [-0.2, 0) is 11.3 Å². The smallest absolute Gasteiger partial charge is 0.360 e. The van der Waals surface area contributed by atoms with E-state index >= 15 is 0 Å². The fraction of sp³-hybridized carbons (Fsp3) is 0.333. The van der Waals surface area contributed by atoms with Gasteiger partial charge in [-0.1, -0.05) is 12.1 Å². The van der Waals surface area contributed by atoms with Crippen LogP contribution in [0.15, 0.2) is 18.5 Å². The number of carbonyl (C=O) groups excluding carboxylic acids is 1. The second-order valence-corrected chi connectivity index (χ2v) is 4.87. The Morgan fingerprint density at radius 1 is 1.38 bits per heavy atom. The van der Waals surface area contributed by atoms with Crippen LogP contribution in [0.1, 0.15) is 34.1 Å². The molecule has 0 aliphatic rings. The molecule has 0 bridgehead atoms. The monoisotopic (exact) mass is 291 g/mol. The minimum absolute atomic E-state index is 0.104. The zero-order chi connectivity index (χ0) is 15.6. The molecule has 0 saturated heterocycles. The van der Waals surface area contributed by atoms with Gasteiger partial charge >= 0.3 is 5.97 Å². The predicted molar refractivity (Wildman–Crippen MR) is 77.6 cm³/mol. The number of esters is 1. The molecule has 0 unspecified atom stereocenters. The van der Waals surface area contributed by atoms with Crippen molar-refractivity contribution in [1.29, 1.82) is 0 Å². The fourth-order valence-electron chi connectivity index (χ4n) is 2.20. The van der Waals surface area contributed by atoms with Crippen LogP contribution in [0.3, 0.4) is 0 Å². The Bertz CT molecular complexity index is 657. The summed E-state index contributed by atoms with van der Waals surface area (Å²) in [6.07, 6.45) is 1.48. The van der Waals surface area contributed by atoms with Crippen molar-refractivity contribution in [3.8, 4) is 0 Å². The number of nitrogens with two attached hydrogens (primary N) is 1. The number of rotatable bonds is 4. The molecule has 2 rings (SSSR count). The van der Waals surface area contributed by atoms with Crippen LogP contribution >= 0.6 is 0 Å². The molecule has 6 heteroatoms. The van der Waals surface area contributed by atoms with E-state index < -0.39 is 5.97 Å². The zero-order valence-electron chi connectivity index (χ0n) is 12.3. The van der Waals surface area contributed by atoms with E-state index in [2.05, 4.69) is 4.98 Å². The lowest BCUT2D eigenvalue weighted by Crippen LogP contribution is -2.10. The molecule has 0 aliphatic carbocycles. The Morgan fingerprint density at radius 2 is 2.00 bits per heavy atom. The lowest BCUT2D eigenvalue weighted by Gasteiger charge is -2.09. The summed E-state index contributed by atoms with van der Waals surface area (Å²) in [4.78, 5) is 15.6. The normalized spacial score (nSPS) is 10.7. The number of halogens is 1. The van der Waals surface area contributed by atoms with Crippen molar-refractivity contribution in [2.75, 3.05) is 12.3 Å². The van der Waals surface area contributed by atoms with Crippen molar-refractivity contribution >= 4 is 11.8 Å². The Balaban J connectivity index is 2.27. The average molecular weight is 291 g/mol. The summed E-state index contributed by atoms with van der Waals surface area (Å²) in [7, 11) is 0. The van der Waals surface area contributed by atoms with Crippen molar-refractivity contribution in [1.82, 2.24) is 9.55 Å². The zero-order valence-corrected chi connectivity index (χ0v) is 12.3. The van der Waals surface area contributed by atoms with Gasteiger partial charge in [-0.25, -0.2) is 14.2 Å². The van der Waals surface area contributed by atoms with E-state index in [1.807, 2.05) is 0 Å². The third kappa shape index (κ3) is 3.04. The Morgan fingerprint density at radius 3 is 2.57 bits per heavy atom. The molecule has 0 saturated carbocycles. The number of hydrogen-bond acceptors (Lipinski definition) is 4. The number of hydrogen-bond donors (Lipinski definition) is 1. The molecule has 0 radical (unpaired) electrons. The van der Waals surface area contributed by atoms with Gasteiger partial charge in [0.2, 0.25) is 0 Å². The van der Waals surface area contributed by atoms with Gasteiger partial charge in [-0.15, -0.1) is 0 Å². The molecule has 0 fully saturated rings. The fourth-order valence-corrected chi connectivity index (χ4v) is 2.20. The number of carbonyl (C=O) groups is 1. The summed E-state index contributed by atoms with van der Waals surface area (Å²) < 4.78 is 20.1. The molecule has 5 nitrogen and oxygen atoms in total. The summed E-state index contributed by atoms with van der Waals surface area (Å²) in [5.41, 5.74) is 8.07. The van der Waals surface area contributed by atoms with Gasteiger partial charge in [-0.2, -0.15) is 0 Å². The minimum Gasteiger partial charge on any atom is -0.461 e. The molecule has 1 heterocycles. The summed E-state index contributed by atoms with van der Waals surface area (Å²) in [5, 5.41) is 0. The van der Waals surface area contributed by atoms with Crippen LogP contribution < -0.4 is 5.73 Å². The number of nitrogens with zero attached hydrogens (tertiary/aromatic N) is 2. The van der Waals surface area contributed by atoms with Crippen molar-refractivity contribution in [2.24, 2.45) is 0 Å². The number of benzene rings is 1. The first-order chi connectivity index (χ1) is 9.93. The topological polar surface area (TPSA) is 70.1 Å². The van der Waals surface area contributed by atoms with E-state index in [9.17, 15) is 9.18 Å². The second kappa shape index (κ2) is 5.95. The van der Waals surface area contributed by atoms with Crippen molar-refractivity contribution in [3.63, 3.8) is 0 Å². The Hall–Kier alpha value is -2.37. The number of aromatic nitrogens is 2. The van der Waals surface area contributed by atoms with Crippen LogP contribution in [0, 0.1) is 19.7 Å². The molecule has 112 valence electrons. The maximum absolute atomic E-state index is 13.6. The van der Waals surface area contributed by atoms with Crippen LogP contribution in [0.4, 0.5) is 10.2 Å². The lowest BCUT2D eigenvalue weighted by atomic mass is 10.1. The maximum Gasteiger partial charge on any atom is 0.360 e. The average Bonchev–Trinajstić information content (AvgIpc) is 2.78. The van der Waals surface area contributed by atoms with Gasteiger partial charge < -0.3 is 15.0 Å². The molecule has 2 aromatic rings. The standard InChI is InChI=1S/C15H18FN3O2/c1-4-21-15(20)13-14(17)19(8-18-13)7-11-5-9(2)12(16)10(3)6-11/h5-6,8H,4,7,17H2,1-3H3. The molecule has 0 amide bonds. The van der Waals surface area contributed by atoms with Crippen molar-refractivity contribution < 1.29 is 13.9 Å². The first-order valence-corrected chi connectivity index (χ1v) is 6.67. The molecule has 1 aromatic carbocycles. The number of ether oxygens (including phenoxy) is 1. The quantitative estimate of drug-likeness (QED) is 0.878. The second-order valence-electron chi connectivity index (χ2n) is 4.87. The van der Waals surface area contributed by atoms with Gasteiger partial charge in [0.1, 0.15) is 11.6 Å². The van der Waals surface area contributed by atoms with Gasteiger partial charge in [-0.3, -0.25) is 0 Å².